The number of guanidine groups is 1. The molecule has 0 aromatic carbocycles. The number of alkyl halides is 3. The molecule has 1 aliphatic rings. The molecule has 24 heavy (non-hydrogen) atoms. The van der Waals surface area contributed by atoms with Crippen molar-refractivity contribution in [3.63, 3.8) is 0 Å². The molecular formula is C14H29F3IN5O. The van der Waals surface area contributed by atoms with Gasteiger partial charge in [-0.2, -0.15) is 13.2 Å². The molecule has 1 rings (SSSR count). The van der Waals surface area contributed by atoms with Gasteiger partial charge in [0.2, 0.25) is 0 Å². The zero-order valence-corrected chi connectivity index (χ0v) is 16.9. The summed E-state index contributed by atoms with van der Waals surface area (Å²) in [5, 5.41) is 6.37. The molecular weight excluding hydrogens is 438 g/mol. The van der Waals surface area contributed by atoms with Crippen LogP contribution in [0.2, 0.25) is 0 Å². The molecule has 1 aliphatic heterocycles. The number of hydrogen-bond acceptors (Lipinski definition) is 4. The Balaban J connectivity index is 0.00000529. The lowest BCUT2D eigenvalue weighted by Crippen LogP contribution is -2.46. The summed E-state index contributed by atoms with van der Waals surface area (Å²) in [6.45, 7) is 3.05. The maximum Gasteiger partial charge on any atom is 0.401 e. The van der Waals surface area contributed by atoms with Gasteiger partial charge in [-0.3, -0.25) is 9.89 Å². The molecule has 0 aliphatic carbocycles. The predicted octanol–water partition coefficient (Wildman–Crippen LogP) is 0.984. The van der Waals surface area contributed by atoms with Crippen molar-refractivity contribution in [3.05, 3.63) is 0 Å². The second-order valence-corrected chi connectivity index (χ2v) is 5.78. The van der Waals surface area contributed by atoms with E-state index in [4.69, 9.17) is 4.74 Å². The number of ether oxygens (including phenoxy) is 1. The average molecular weight is 467 g/mol. The summed E-state index contributed by atoms with van der Waals surface area (Å²) in [7, 11) is 5.33. The zero-order chi connectivity index (χ0) is 17.3. The second kappa shape index (κ2) is 12.1. The van der Waals surface area contributed by atoms with Gasteiger partial charge in [0.25, 0.3) is 0 Å². The molecule has 0 aromatic rings. The van der Waals surface area contributed by atoms with Crippen LogP contribution in [0.4, 0.5) is 13.2 Å². The number of hydrogen-bond donors (Lipinski definition) is 2. The third kappa shape index (κ3) is 10.5. The molecule has 6 nitrogen and oxygen atoms in total. The normalized spacial score (nSPS) is 19.5. The van der Waals surface area contributed by atoms with Gasteiger partial charge >= 0.3 is 6.18 Å². The van der Waals surface area contributed by atoms with Crippen LogP contribution < -0.4 is 10.6 Å². The van der Waals surface area contributed by atoms with E-state index in [2.05, 4.69) is 20.5 Å². The van der Waals surface area contributed by atoms with E-state index in [1.54, 1.807) is 14.2 Å². The van der Waals surface area contributed by atoms with Crippen LogP contribution in [0.5, 0.6) is 0 Å². The third-order valence-electron chi connectivity index (χ3n) is 3.70. The largest absolute Gasteiger partial charge is 0.401 e. The van der Waals surface area contributed by atoms with Gasteiger partial charge < -0.3 is 20.3 Å². The lowest BCUT2D eigenvalue weighted by Gasteiger charge is -2.21. The highest BCUT2D eigenvalue weighted by Crippen LogP contribution is 2.19. The van der Waals surface area contributed by atoms with Crippen molar-refractivity contribution in [2.45, 2.75) is 18.6 Å². The summed E-state index contributed by atoms with van der Waals surface area (Å²) in [6.07, 6.45) is -3.45. The van der Waals surface area contributed by atoms with Gasteiger partial charge in [0, 0.05) is 52.9 Å². The van der Waals surface area contributed by atoms with Crippen molar-refractivity contribution in [1.82, 2.24) is 20.4 Å². The first kappa shape index (κ1) is 23.7. The Morgan fingerprint density at radius 3 is 2.67 bits per heavy atom. The van der Waals surface area contributed by atoms with Gasteiger partial charge in [0.15, 0.2) is 5.96 Å². The van der Waals surface area contributed by atoms with Crippen LogP contribution in [0.1, 0.15) is 6.42 Å². The fraction of sp³-hybridized carbons (Fsp3) is 0.929. The second-order valence-electron chi connectivity index (χ2n) is 5.78. The molecule has 1 heterocycles. The van der Waals surface area contributed by atoms with E-state index >= 15 is 0 Å². The van der Waals surface area contributed by atoms with Crippen molar-refractivity contribution in [1.29, 1.82) is 0 Å². The fourth-order valence-corrected chi connectivity index (χ4v) is 2.46. The monoisotopic (exact) mass is 467 g/mol. The van der Waals surface area contributed by atoms with E-state index in [9.17, 15) is 13.2 Å². The highest BCUT2D eigenvalue weighted by molar-refractivity contribution is 14.0. The number of nitrogens with zero attached hydrogens (tertiary/aromatic N) is 3. The summed E-state index contributed by atoms with van der Waals surface area (Å²) in [5.41, 5.74) is 0. The number of nitrogens with one attached hydrogen (secondary N) is 2. The van der Waals surface area contributed by atoms with Crippen molar-refractivity contribution in [3.8, 4) is 0 Å². The minimum Gasteiger partial charge on any atom is -0.383 e. The Labute approximate surface area is 159 Å². The molecule has 144 valence electrons. The SMILES string of the molecule is CN=C(NCCN(C)CCOC)NC1CCN(CC(F)(F)F)C1.I. The standard InChI is InChI=1S/C14H28F3N5O.HI/c1-18-13(19-5-7-21(2)8-9-23-3)20-12-4-6-22(10-12)11-14(15,16)17;/h12H,4-11H2,1-3H3,(H2,18,19,20);1H. The summed E-state index contributed by atoms with van der Waals surface area (Å²) in [5.74, 6) is 0.629. The lowest BCUT2D eigenvalue weighted by molar-refractivity contribution is -0.143. The van der Waals surface area contributed by atoms with E-state index in [1.807, 2.05) is 7.05 Å². The first-order valence-corrected chi connectivity index (χ1v) is 7.78. The van der Waals surface area contributed by atoms with Crippen LogP contribution in [0.15, 0.2) is 4.99 Å². The third-order valence-corrected chi connectivity index (χ3v) is 3.70. The molecule has 1 atom stereocenters. The van der Waals surface area contributed by atoms with Crippen LogP contribution in [-0.2, 0) is 4.74 Å². The van der Waals surface area contributed by atoms with E-state index in [0.29, 0.717) is 38.6 Å². The molecule has 1 unspecified atom stereocenters. The molecule has 0 bridgehead atoms. The molecule has 0 saturated carbocycles. The van der Waals surface area contributed by atoms with Gasteiger partial charge in [0.1, 0.15) is 0 Å². The molecule has 1 saturated heterocycles. The van der Waals surface area contributed by atoms with Gasteiger partial charge in [-0.15, -0.1) is 24.0 Å². The lowest BCUT2D eigenvalue weighted by atomic mass is 10.3. The summed E-state index contributed by atoms with van der Waals surface area (Å²) < 4.78 is 42.2. The van der Waals surface area contributed by atoms with E-state index < -0.39 is 12.7 Å². The van der Waals surface area contributed by atoms with Crippen LogP contribution in [0.25, 0.3) is 0 Å². The molecule has 1 fully saturated rings. The smallest absolute Gasteiger partial charge is 0.383 e. The maximum absolute atomic E-state index is 12.4. The van der Waals surface area contributed by atoms with Gasteiger partial charge in [0.05, 0.1) is 13.2 Å². The van der Waals surface area contributed by atoms with Gasteiger partial charge in [-0.05, 0) is 13.5 Å². The number of rotatable bonds is 8. The number of aliphatic imine (C=N–C) groups is 1. The Hall–Kier alpha value is -0.330. The topological polar surface area (TPSA) is 52.1 Å². The molecule has 0 aromatic heterocycles. The number of likely N-dealkylation sites (N-methyl/N-ethyl adjacent to an activating group) is 1. The zero-order valence-electron chi connectivity index (χ0n) is 14.5. The molecule has 2 N–H and O–H groups in total. The maximum atomic E-state index is 12.4. The minimum absolute atomic E-state index is 0. The Kier molecular flexibility index (Phi) is 11.9. The van der Waals surface area contributed by atoms with Gasteiger partial charge in [-0.25, -0.2) is 0 Å². The molecule has 10 heteroatoms. The van der Waals surface area contributed by atoms with Crippen molar-refractivity contribution in [2.24, 2.45) is 4.99 Å². The van der Waals surface area contributed by atoms with Crippen LogP contribution in [0, 0.1) is 0 Å². The number of methoxy groups -OCH3 is 1. The van der Waals surface area contributed by atoms with Crippen LogP contribution >= 0.6 is 24.0 Å². The predicted molar refractivity (Wildman–Crippen MR) is 100 cm³/mol. The van der Waals surface area contributed by atoms with Crippen molar-refractivity contribution >= 4 is 29.9 Å². The highest BCUT2D eigenvalue weighted by Gasteiger charge is 2.34. The summed E-state index contributed by atoms with van der Waals surface area (Å²) in [6, 6.07) is -0.00484. The molecule has 0 spiro atoms. The van der Waals surface area contributed by atoms with Crippen LogP contribution in [-0.4, -0.2) is 95.1 Å². The Morgan fingerprint density at radius 1 is 1.38 bits per heavy atom. The number of likely N-dealkylation sites (tertiary alicyclic amines) is 1. The Morgan fingerprint density at radius 2 is 2.08 bits per heavy atom. The van der Waals surface area contributed by atoms with E-state index in [-0.39, 0.29) is 30.0 Å². The van der Waals surface area contributed by atoms with Crippen molar-refractivity contribution in [2.75, 3.05) is 67.1 Å². The summed E-state index contributed by atoms with van der Waals surface area (Å²) in [4.78, 5) is 7.67. The molecule has 0 radical (unpaired) electrons. The van der Waals surface area contributed by atoms with Gasteiger partial charge in [-0.1, -0.05) is 0 Å². The first-order chi connectivity index (χ1) is 10.8. The Bertz CT molecular complexity index is 371. The highest BCUT2D eigenvalue weighted by atomic mass is 127. The fourth-order valence-electron chi connectivity index (χ4n) is 2.46. The summed E-state index contributed by atoms with van der Waals surface area (Å²) >= 11 is 0. The van der Waals surface area contributed by atoms with E-state index in [1.165, 1.54) is 4.90 Å². The number of halogens is 4. The van der Waals surface area contributed by atoms with Crippen LogP contribution in [0.3, 0.4) is 0 Å². The quantitative estimate of drug-likeness (QED) is 0.317. The average Bonchev–Trinajstić information content (AvgIpc) is 2.88. The van der Waals surface area contributed by atoms with Crippen molar-refractivity contribution < 1.29 is 17.9 Å². The first-order valence-electron chi connectivity index (χ1n) is 7.78. The molecule has 0 amide bonds. The van der Waals surface area contributed by atoms with E-state index in [0.717, 1.165) is 13.1 Å². The minimum atomic E-state index is -4.14.